The van der Waals surface area contributed by atoms with Crippen LogP contribution >= 0.6 is 0 Å². The fourth-order valence-electron chi connectivity index (χ4n) is 1.72. The van der Waals surface area contributed by atoms with Gasteiger partial charge in [-0.05, 0) is 23.4 Å². The Morgan fingerprint density at radius 2 is 1.74 bits per heavy atom. The Morgan fingerprint density at radius 1 is 0.957 bits per heavy atom. The lowest BCUT2D eigenvalue weighted by molar-refractivity contribution is -0.113. The van der Waals surface area contributed by atoms with E-state index < -0.39 is 0 Å². The van der Waals surface area contributed by atoms with Gasteiger partial charge in [0, 0.05) is 12.0 Å². The number of nitrogens with one attached hydrogen (secondary N) is 1. The zero-order valence-corrected chi connectivity index (χ0v) is 12.5. The van der Waals surface area contributed by atoms with Crippen LogP contribution in [0.15, 0.2) is 89.4 Å². The summed E-state index contributed by atoms with van der Waals surface area (Å²) >= 11 is 0. The average Bonchev–Trinajstić information content (AvgIpc) is 2.56. The van der Waals surface area contributed by atoms with Crippen molar-refractivity contribution >= 4 is 11.9 Å². The molecule has 0 fully saturated rings. The average molecular weight is 307 g/mol. The number of benzene rings is 1. The molecule has 0 aromatic heterocycles. The smallest absolute Gasteiger partial charge is 0.164 e. The predicted octanol–water partition coefficient (Wildman–Crippen LogP) is 4.11. The van der Waals surface area contributed by atoms with Crippen molar-refractivity contribution in [3.8, 4) is 5.75 Å². The number of rotatable bonds is 0. The van der Waals surface area contributed by atoms with Gasteiger partial charge in [0.15, 0.2) is 11.5 Å². The number of hydrogen-bond acceptors (Lipinski definition) is 5. The van der Waals surface area contributed by atoms with E-state index in [1.54, 1.807) is 42.5 Å². The van der Waals surface area contributed by atoms with Crippen molar-refractivity contribution in [2.24, 2.45) is 10.3 Å². The van der Waals surface area contributed by atoms with Crippen molar-refractivity contribution in [1.82, 2.24) is 5.59 Å². The molecule has 0 saturated carbocycles. The van der Waals surface area contributed by atoms with Gasteiger partial charge in [0.2, 0.25) is 0 Å². The molecule has 1 N–H and O–H groups in total. The molecule has 2 rings (SSSR count). The van der Waals surface area contributed by atoms with Gasteiger partial charge < -0.3 is 4.84 Å². The molecule has 0 amide bonds. The van der Waals surface area contributed by atoms with Crippen LogP contribution in [0.4, 0.5) is 0 Å². The summed E-state index contributed by atoms with van der Waals surface area (Å²) in [4.78, 5) is 17.1. The highest BCUT2D eigenvalue weighted by Crippen LogP contribution is 2.18. The SMILES string of the molecule is O=C1C=CC=CC=CC=CN=NNOc2ccccc2C=CC1. The largest absolute Gasteiger partial charge is 0.363 e. The number of hydrogen-bond donors (Lipinski definition) is 1. The summed E-state index contributed by atoms with van der Waals surface area (Å²) in [5.74, 6) is 0.625. The quantitative estimate of drug-likeness (QED) is 0.784. The zero-order valence-electron chi connectivity index (χ0n) is 12.5. The van der Waals surface area contributed by atoms with E-state index in [1.165, 1.54) is 6.20 Å². The van der Waals surface area contributed by atoms with E-state index in [4.69, 9.17) is 4.84 Å². The summed E-state index contributed by atoms with van der Waals surface area (Å²) in [6.45, 7) is 0. The Labute approximate surface area is 135 Å². The van der Waals surface area contributed by atoms with Crippen molar-refractivity contribution < 1.29 is 9.63 Å². The molecule has 0 unspecified atom stereocenters. The maximum Gasteiger partial charge on any atom is 0.164 e. The van der Waals surface area contributed by atoms with Crippen LogP contribution in [-0.2, 0) is 4.79 Å². The lowest BCUT2D eigenvalue weighted by Gasteiger charge is -2.05. The minimum Gasteiger partial charge on any atom is -0.363 e. The van der Waals surface area contributed by atoms with E-state index in [9.17, 15) is 4.79 Å². The molecule has 5 nitrogen and oxygen atoms in total. The van der Waals surface area contributed by atoms with Crippen LogP contribution in [0, 0.1) is 0 Å². The molecule has 1 aliphatic rings. The number of para-hydroxylation sites is 1. The van der Waals surface area contributed by atoms with Crippen molar-refractivity contribution in [2.45, 2.75) is 6.42 Å². The number of fused-ring (bicyclic) bond motifs is 1. The summed E-state index contributed by atoms with van der Waals surface area (Å²) < 4.78 is 0. The fraction of sp³-hybridized carbons (Fsp3) is 0.0556. The maximum atomic E-state index is 11.7. The summed E-state index contributed by atoms with van der Waals surface area (Å²) in [7, 11) is 0. The molecular formula is C18H17N3O2. The summed E-state index contributed by atoms with van der Waals surface area (Å²) in [5.41, 5.74) is 3.25. The molecule has 5 heteroatoms. The highest BCUT2D eigenvalue weighted by atomic mass is 16.7. The fourth-order valence-corrected chi connectivity index (χ4v) is 1.72. The molecule has 0 spiro atoms. The van der Waals surface area contributed by atoms with Crippen molar-refractivity contribution in [1.29, 1.82) is 0 Å². The van der Waals surface area contributed by atoms with Crippen molar-refractivity contribution in [2.75, 3.05) is 0 Å². The number of carbonyl (C=O) groups excluding carboxylic acids is 1. The molecule has 23 heavy (non-hydrogen) atoms. The van der Waals surface area contributed by atoms with Gasteiger partial charge in [-0.25, -0.2) is 0 Å². The summed E-state index contributed by atoms with van der Waals surface area (Å²) in [6, 6.07) is 7.42. The first kappa shape index (κ1) is 16.2. The molecule has 0 bridgehead atoms. The number of carbonyl (C=O) groups is 1. The Morgan fingerprint density at radius 3 is 2.65 bits per heavy atom. The third kappa shape index (κ3) is 6.39. The van der Waals surface area contributed by atoms with Gasteiger partial charge in [0.25, 0.3) is 0 Å². The first-order valence-electron chi connectivity index (χ1n) is 7.13. The third-order valence-corrected chi connectivity index (χ3v) is 2.78. The lowest BCUT2D eigenvalue weighted by Crippen LogP contribution is -2.10. The highest BCUT2D eigenvalue weighted by Gasteiger charge is 1.99. The molecule has 1 aromatic rings. The number of allylic oxidation sites excluding steroid dienone is 8. The van der Waals surface area contributed by atoms with Gasteiger partial charge in [-0.2, -0.15) is 0 Å². The third-order valence-electron chi connectivity index (χ3n) is 2.78. The molecule has 1 aliphatic heterocycles. The van der Waals surface area contributed by atoms with E-state index >= 15 is 0 Å². The first-order chi connectivity index (χ1) is 11.4. The predicted molar refractivity (Wildman–Crippen MR) is 90.3 cm³/mol. The van der Waals surface area contributed by atoms with E-state index in [0.717, 1.165) is 5.56 Å². The topological polar surface area (TPSA) is 63.0 Å². The number of nitrogens with zero attached hydrogens (tertiary/aromatic N) is 2. The molecule has 1 heterocycles. The van der Waals surface area contributed by atoms with E-state index in [1.807, 2.05) is 36.4 Å². The van der Waals surface area contributed by atoms with Crippen molar-refractivity contribution in [3.05, 3.63) is 84.6 Å². The second-order valence-corrected chi connectivity index (χ2v) is 4.49. The van der Waals surface area contributed by atoms with E-state index in [2.05, 4.69) is 15.9 Å². The van der Waals surface area contributed by atoms with Crippen LogP contribution < -0.4 is 10.4 Å². The maximum absolute atomic E-state index is 11.7. The molecule has 0 saturated heterocycles. The second kappa shape index (κ2) is 9.68. The molecule has 116 valence electrons. The van der Waals surface area contributed by atoms with Gasteiger partial charge >= 0.3 is 0 Å². The van der Waals surface area contributed by atoms with Crippen molar-refractivity contribution in [3.63, 3.8) is 0 Å². The molecular weight excluding hydrogens is 290 g/mol. The van der Waals surface area contributed by atoms with Gasteiger partial charge in [-0.15, -0.1) is 10.7 Å². The molecule has 0 aliphatic carbocycles. The Hall–Kier alpha value is -3.21. The monoisotopic (exact) mass is 307 g/mol. The van der Waals surface area contributed by atoms with E-state index in [-0.39, 0.29) is 5.78 Å². The van der Waals surface area contributed by atoms with Crippen LogP contribution in [-0.4, -0.2) is 5.78 Å². The van der Waals surface area contributed by atoms with E-state index in [0.29, 0.717) is 12.2 Å². The highest BCUT2D eigenvalue weighted by molar-refractivity contribution is 5.91. The minimum absolute atomic E-state index is 0.0289. The summed E-state index contributed by atoms with van der Waals surface area (Å²) in [5, 5.41) is 7.44. The van der Waals surface area contributed by atoms with Crippen LogP contribution in [0.5, 0.6) is 5.75 Å². The molecule has 1 aromatic carbocycles. The first-order valence-corrected chi connectivity index (χ1v) is 7.13. The molecule has 0 radical (unpaired) electrons. The second-order valence-electron chi connectivity index (χ2n) is 4.49. The minimum atomic E-state index is 0.0289. The molecule has 0 atom stereocenters. The van der Waals surface area contributed by atoms with Gasteiger partial charge in [-0.1, -0.05) is 60.7 Å². The van der Waals surface area contributed by atoms with Crippen LogP contribution in [0.2, 0.25) is 0 Å². The Bertz CT molecular complexity index is 698. The van der Waals surface area contributed by atoms with Gasteiger partial charge in [0.1, 0.15) is 0 Å². The zero-order chi connectivity index (χ0) is 16.2. The Kier molecular flexibility index (Phi) is 6.80. The number of ketones is 1. The summed E-state index contributed by atoms with van der Waals surface area (Å²) in [6.07, 6.45) is 17.7. The lowest BCUT2D eigenvalue weighted by atomic mass is 10.1. The standard InChI is InChI=1S/C18H17N3O2/c22-17-12-5-3-1-2-4-8-15-19-20-21-23-18-14-7-6-10-16(18)11-9-13-17/h1-12,14-15H,13H2,(H,19,21). The van der Waals surface area contributed by atoms with Crippen LogP contribution in [0.1, 0.15) is 12.0 Å². The van der Waals surface area contributed by atoms with Gasteiger partial charge in [-0.3, -0.25) is 4.79 Å². The van der Waals surface area contributed by atoms with Gasteiger partial charge in [0.05, 0.1) is 6.20 Å². The Balaban J connectivity index is 2.16. The van der Waals surface area contributed by atoms with Crippen LogP contribution in [0.25, 0.3) is 6.08 Å². The normalized spacial score (nSPS) is 15.4. The van der Waals surface area contributed by atoms with Crippen LogP contribution in [0.3, 0.4) is 0 Å².